The second kappa shape index (κ2) is 5.03. The molecule has 0 bridgehead atoms. The van der Waals surface area contributed by atoms with Gasteiger partial charge in [0.05, 0.1) is 24.5 Å². The number of aryl methyl sites for hydroxylation is 1. The third-order valence-corrected chi connectivity index (χ3v) is 5.52. The molecule has 22 heavy (non-hydrogen) atoms. The van der Waals surface area contributed by atoms with E-state index in [0.717, 1.165) is 41.0 Å². The van der Waals surface area contributed by atoms with Crippen molar-refractivity contribution in [3.8, 4) is 0 Å². The lowest BCUT2D eigenvalue weighted by Gasteiger charge is -2.12. The highest BCUT2D eigenvalue weighted by Crippen LogP contribution is 2.29. The fourth-order valence-corrected chi connectivity index (χ4v) is 4.09. The molecule has 0 atom stereocenters. The maximum absolute atomic E-state index is 12.9. The molecule has 0 saturated heterocycles. The second-order valence-electron chi connectivity index (χ2n) is 5.67. The zero-order valence-electron chi connectivity index (χ0n) is 12.6. The van der Waals surface area contributed by atoms with Crippen LogP contribution in [-0.2, 0) is 26.6 Å². The Bertz CT molecular complexity index is 920. The molecule has 0 aromatic carbocycles. The van der Waals surface area contributed by atoms with Crippen molar-refractivity contribution in [1.29, 1.82) is 0 Å². The fourth-order valence-electron chi connectivity index (χ4n) is 2.95. The van der Waals surface area contributed by atoms with Crippen LogP contribution in [0.3, 0.4) is 0 Å². The van der Waals surface area contributed by atoms with E-state index in [-0.39, 0.29) is 5.56 Å². The van der Waals surface area contributed by atoms with E-state index in [1.54, 1.807) is 22.2 Å². The van der Waals surface area contributed by atoms with Gasteiger partial charge in [0.1, 0.15) is 4.83 Å². The number of nitrogens with zero attached hydrogens (tertiary/aromatic N) is 4. The van der Waals surface area contributed by atoms with Crippen molar-refractivity contribution in [2.45, 2.75) is 26.4 Å². The molecule has 0 saturated carbocycles. The minimum atomic E-state index is 0.0626. The van der Waals surface area contributed by atoms with E-state index in [2.05, 4.69) is 15.4 Å². The molecule has 4 heterocycles. The summed E-state index contributed by atoms with van der Waals surface area (Å²) in [6.45, 7) is 4.30. The summed E-state index contributed by atoms with van der Waals surface area (Å²) < 4.78 is 3.52. The van der Waals surface area contributed by atoms with Crippen molar-refractivity contribution in [3.05, 3.63) is 44.6 Å². The van der Waals surface area contributed by atoms with Crippen LogP contribution in [0.1, 0.15) is 21.7 Å². The quantitative estimate of drug-likeness (QED) is 0.771. The van der Waals surface area contributed by atoms with Crippen molar-refractivity contribution in [1.82, 2.24) is 24.6 Å². The summed E-state index contributed by atoms with van der Waals surface area (Å²) in [6.07, 6.45) is 4.38. The van der Waals surface area contributed by atoms with Crippen molar-refractivity contribution in [2.75, 3.05) is 6.54 Å². The number of hydrogen-bond acceptors (Lipinski definition) is 5. The summed E-state index contributed by atoms with van der Waals surface area (Å²) >= 11 is 1.63. The van der Waals surface area contributed by atoms with Crippen LogP contribution in [0.4, 0.5) is 0 Å². The lowest BCUT2D eigenvalue weighted by atomic mass is 10.1. The first-order valence-corrected chi connectivity index (χ1v) is 8.14. The Hall–Kier alpha value is -1.99. The van der Waals surface area contributed by atoms with Crippen LogP contribution in [0.25, 0.3) is 10.2 Å². The van der Waals surface area contributed by atoms with Gasteiger partial charge in [-0.25, -0.2) is 4.98 Å². The average Bonchev–Trinajstić information content (AvgIpc) is 3.05. The van der Waals surface area contributed by atoms with Crippen LogP contribution in [0.2, 0.25) is 0 Å². The van der Waals surface area contributed by atoms with Gasteiger partial charge in [0.25, 0.3) is 5.56 Å². The Morgan fingerprint density at radius 2 is 2.32 bits per heavy atom. The van der Waals surface area contributed by atoms with Gasteiger partial charge in [0, 0.05) is 29.7 Å². The third kappa shape index (κ3) is 2.00. The van der Waals surface area contributed by atoms with Crippen LogP contribution < -0.4 is 10.9 Å². The summed E-state index contributed by atoms with van der Waals surface area (Å²) in [4.78, 5) is 19.5. The van der Waals surface area contributed by atoms with Crippen LogP contribution in [0, 0.1) is 6.92 Å². The molecule has 0 unspecified atom stereocenters. The number of rotatable bonds is 2. The molecule has 3 aromatic rings. The normalized spacial score (nSPS) is 14.5. The predicted octanol–water partition coefficient (Wildman–Crippen LogP) is 1.19. The topological polar surface area (TPSA) is 64.7 Å². The average molecular weight is 315 g/mol. The molecule has 4 rings (SSSR count). The second-order valence-corrected chi connectivity index (χ2v) is 6.75. The lowest BCUT2D eigenvalue weighted by Crippen LogP contribution is -2.25. The zero-order valence-corrected chi connectivity index (χ0v) is 13.4. The first-order valence-electron chi connectivity index (χ1n) is 7.33. The third-order valence-electron chi connectivity index (χ3n) is 4.38. The molecule has 1 aliphatic rings. The minimum absolute atomic E-state index is 0.0626. The van der Waals surface area contributed by atoms with Crippen molar-refractivity contribution in [3.63, 3.8) is 0 Å². The smallest absolute Gasteiger partial charge is 0.262 e. The van der Waals surface area contributed by atoms with Gasteiger partial charge in [-0.3, -0.25) is 14.0 Å². The monoisotopic (exact) mass is 315 g/mol. The summed E-state index contributed by atoms with van der Waals surface area (Å²) in [7, 11) is 1.91. The molecular formula is C15H17N5OS. The van der Waals surface area contributed by atoms with Gasteiger partial charge in [-0.2, -0.15) is 5.10 Å². The molecule has 0 fully saturated rings. The highest BCUT2D eigenvalue weighted by molar-refractivity contribution is 7.18. The van der Waals surface area contributed by atoms with Gasteiger partial charge in [-0.15, -0.1) is 11.3 Å². The standard InChI is InChI=1S/C15H17N5OS/c1-9-10(5-18-19(9)2)7-20-8-17-14-13(15(20)21)11-3-4-16-6-12(11)22-14/h5,8,16H,3-4,6-7H2,1-2H3. The molecule has 114 valence electrons. The fraction of sp³-hybridized carbons (Fsp3) is 0.400. The van der Waals surface area contributed by atoms with E-state index in [0.29, 0.717) is 6.54 Å². The van der Waals surface area contributed by atoms with E-state index < -0.39 is 0 Å². The minimum Gasteiger partial charge on any atom is -0.312 e. The molecule has 3 aromatic heterocycles. The van der Waals surface area contributed by atoms with E-state index in [1.807, 2.05) is 24.9 Å². The van der Waals surface area contributed by atoms with Crippen LogP contribution in [0.15, 0.2) is 17.3 Å². The van der Waals surface area contributed by atoms with Crippen molar-refractivity contribution >= 4 is 21.6 Å². The maximum Gasteiger partial charge on any atom is 0.262 e. The highest BCUT2D eigenvalue weighted by atomic mass is 32.1. The molecule has 0 amide bonds. The molecule has 7 heteroatoms. The van der Waals surface area contributed by atoms with Gasteiger partial charge in [0.2, 0.25) is 0 Å². The number of aromatic nitrogens is 4. The molecular weight excluding hydrogens is 298 g/mol. The Labute approximate surface area is 131 Å². The number of hydrogen-bond donors (Lipinski definition) is 1. The van der Waals surface area contributed by atoms with Crippen LogP contribution in [0.5, 0.6) is 0 Å². The predicted molar refractivity (Wildman–Crippen MR) is 86.3 cm³/mol. The van der Waals surface area contributed by atoms with E-state index in [9.17, 15) is 4.79 Å². The summed E-state index contributed by atoms with van der Waals surface area (Å²) in [5, 5.41) is 8.40. The lowest BCUT2D eigenvalue weighted by molar-refractivity contribution is 0.656. The number of nitrogens with one attached hydrogen (secondary N) is 1. The summed E-state index contributed by atoms with van der Waals surface area (Å²) in [5.41, 5.74) is 3.38. The summed E-state index contributed by atoms with van der Waals surface area (Å²) in [5.74, 6) is 0. The molecule has 0 aliphatic carbocycles. The Morgan fingerprint density at radius 1 is 1.45 bits per heavy atom. The molecule has 6 nitrogen and oxygen atoms in total. The van der Waals surface area contributed by atoms with Gasteiger partial charge in [0.15, 0.2) is 0 Å². The van der Waals surface area contributed by atoms with Crippen LogP contribution in [-0.4, -0.2) is 25.9 Å². The Morgan fingerprint density at radius 3 is 3.09 bits per heavy atom. The molecule has 1 aliphatic heterocycles. The van der Waals surface area contributed by atoms with Gasteiger partial charge in [-0.05, 0) is 25.5 Å². The molecule has 0 radical (unpaired) electrons. The number of fused-ring (bicyclic) bond motifs is 3. The van der Waals surface area contributed by atoms with E-state index in [1.165, 1.54) is 10.4 Å². The molecule has 1 N–H and O–H groups in total. The van der Waals surface area contributed by atoms with Crippen molar-refractivity contribution < 1.29 is 0 Å². The Kier molecular flexibility index (Phi) is 3.12. The first kappa shape index (κ1) is 13.7. The zero-order chi connectivity index (χ0) is 15.3. The highest BCUT2D eigenvalue weighted by Gasteiger charge is 2.20. The van der Waals surface area contributed by atoms with Gasteiger partial charge >= 0.3 is 0 Å². The Balaban J connectivity index is 1.84. The van der Waals surface area contributed by atoms with E-state index in [4.69, 9.17) is 0 Å². The largest absolute Gasteiger partial charge is 0.312 e. The maximum atomic E-state index is 12.9. The van der Waals surface area contributed by atoms with Crippen molar-refractivity contribution in [2.24, 2.45) is 7.05 Å². The summed E-state index contributed by atoms with van der Waals surface area (Å²) in [6, 6.07) is 0. The van der Waals surface area contributed by atoms with Gasteiger partial charge in [-0.1, -0.05) is 0 Å². The van der Waals surface area contributed by atoms with E-state index >= 15 is 0 Å². The van der Waals surface area contributed by atoms with Crippen LogP contribution >= 0.6 is 11.3 Å². The van der Waals surface area contributed by atoms with Gasteiger partial charge < -0.3 is 5.32 Å². The first-order chi connectivity index (χ1) is 10.6. The number of thiophene rings is 1. The molecule has 0 spiro atoms. The SMILES string of the molecule is Cc1c(Cn2cnc3sc4c(c3c2=O)CCNC4)cnn1C.